The summed E-state index contributed by atoms with van der Waals surface area (Å²) in [5, 5.41) is 0. The monoisotopic (exact) mass is 280 g/mol. The lowest BCUT2D eigenvalue weighted by molar-refractivity contribution is -0.0318. The van der Waals surface area contributed by atoms with Crippen molar-refractivity contribution in [3.63, 3.8) is 0 Å². The van der Waals surface area contributed by atoms with Gasteiger partial charge in [-0.15, -0.1) is 6.58 Å². The van der Waals surface area contributed by atoms with E-state index >= 15 is 0 Å². The van der Waals surface area contributed by atoms with Crippen LogP contribution >= 0.6 is 0 Å². The van der Waals surface area contributed by atoms with E-state index in [1.165, 1.54) is 51.4 Å². The van der Waals surface area contributed by atoms with Gasteiger partial charge in [0.25, 0.3) is 0 Å². The zero-order chi connectivity index (χ0) is 14.3. The Balaban J connectivity index is 1.84. The highest BCUT2D eigenvalue weighted by Gasteiger charge is 2.44. The Morgan fingerprint density at radius 1 is 1.15 bits per heavy atom. The highest BCUT2D eigenvalue weighted by atomic mass is 16.5. The normalized spacial score (nSPS) is 24.6. The van der Waals surface area contributed by atoms with Crippen molar-refractivity contribution < 1.29 is 4.74 Å². The van der Waals surface area contributed by atoms with E-state index in [0.717, 1.165) is 32.7 Å². The molecule has 2 N–H and O–H groups in total. The second-order valence-corrected chi connectivity index (χ2v) is 6.44. The smallest absolute Gasteiger partial charge is 0.0594 e. The number of nitrogens with two attached hydrogens (primary N) is 1. The molecule has 0 aromatic carbocycles. The first kappa shape index (κ1) is 16.0. The van der Waals surface area contributed by atoms with Crippen LogP contribution in [0.3, 0.4) is 0 Å². The summed E-state index contributed by atoms with van der Waals surface area (Å²) >= 11 is 0. The molecule has 2 fully saturated rings. The zero-order valence-corrected chi connectivity index (χ0v) is 13.0. The largest absolute Gasteiger partial charge is 0.379 e. The number of nitrogens with zero attached hydrogens (tertiary/aromatic N) is 1. The average molecular weight is 280 g/mol. The van der Waals surface area contributed by atoms with E-state index in [1.54, 1.807) is 0 Å². The fraction of sp³-hybridized carbons (Fsp3) is 0.882. The fourth-order valence-electron chi connectivity index (χ4n) is 4.02. The first-order valence-corrected chi connectivity index (χ1v) is 8.49. The highest BCUT2D eigenvalue weighted by molar-refractivity contribution is 5.02. The third-order valence-electron chi connectivity index (χ3n) is 5.22. The number of rotatable bonds is 8. The molecular weight excluding hydrogens is 248 g/mol. The predicted molar refractivity (Wildman–Crippen MR) is 84.8 cm³/mol. The third-order valence-corrected chi connectivity index (χ3v) is 5.22. The van der Waals surface area contributed by atoms with Crippen LogP contribution in [0.5, 0.6) is 0 Å². The van der Waals surface area contributed by atoms with Gasteiger partial charge >= 0.3 is 0 Å². The summed E-state index contributed by atoms with van der Waals surface area (Å²) in [4.78, 5) is 2.65. The van der Waals surface area contributed by atoms with Crippen molar-refractivity contribution >= 4 is 0 Å². The van der Waals surface area contributed by atoms with Gasteiger partial charge in [-0.3, -0.25) is 4.90 Å². The lowest BCUT2D eigenvalue weighted by atomic mass is 9.83. The number of hydrogen-bond acceptors (Lipinski definition) is 3. The minimum atomic E-state index is 0.280. The van der Waals surface area contributed by atoms with Gasteiger partial charge in [-0.25, -0.2) is 0 Å². The maximum atomic E-state index is 6.66. The topological polar surface area (TPSA) is 38.5 Å². The van der Waals surface area contributed by atoms with E-state index in [2.05, 4.69) is 11.5 Å². The molecule has 0 bridgehead atoms. The molecular formula is C17H32N2O. The van der Waals surface area contributed by atoms with Gasteiger partial charge in [-0.1, -0.05) is 31.8 Å². The van der Waals surface area contributed by atoms with Crippen molar-refractivity contribution in [2.45, 2.75) is 69.4 Å². The van der Waals surface area contributed by atoms with Crippen molar-refractivity contribution in [1.82, 2.24) is 4.90 Å². The molecule has 3 heteroatoms. The van der Waals surface area contributed by atoms with E-state index in [-0.39, 0.29) is 5.54 Å². The van der Waals surface area contributed by atoms with Crippen LogP contribution in [0.25, 0.3) is 0 Å². The van der Waals surface area contributed by atoms with Crippen LogP contribution in [0.15, 0.2) is 12.7 Å². The maximum Gasteiger partial charge on any atom is 0.0594 e. The van der Waals surface area contributed by atoms with Crippen LogP contribution in [0, 0.1) is 0 Å². The summed E-state index contributed by atoms with van der Waals surface area (Å²) in [6.45, 7) is 7.70. The highest BCUT2D eigenvalue weighted by Crippen LogP contribution is 2.39. The molecule has 2 rings (SSSR count). The SMILES string of the molecule is C=CCCCCCC(N)C1(N2CCOCC2)CCCC1. The molecule has 0 radical (unpaired) electrons. The molecule has 1 saturated carbocycles. The molecule has 1 aliphatic heterocycles. The molecule has 0 spiro atoms. The van der Waals surface area contributed by atoms with Gasteiger partial charge in [0.1, 0.15) is 0 Å². The predicted octanol–water partition coefficient (Wildman–Crippen LogP) is 3.10. The fourth-order valence-corrected chi connectivity index (χ4v) is 4.02. The number of unbranched alkanes of at least 4 members (excludes halogenated alkanes) is 3. The van der Waals surface area contributed by atoms with Gasteiger partial charge in [-0.05, 0) is 32.1 Å². The van der Waals surface area contributed by atoms with Crippen LogP contribution < -0.4 is 5.73 Å². The first-order chi connectivity index (χ1) is 9.79. The van der Waals surface area contributed by atoms with E-state index in [0.29, 0.717) is 6.04 Å². The number of ether oxygens (including phenoxy) is 1. The Morgan fingerprint density at radius 3 is 2.50 bits per heavy atom. The van der Waals surface area contributed by atoms with Crippen LogP contribution in [0.4, 0.5) is 0 Å². The lowest BCUT2D eigenvalue weighted by Gasteiger charge is -2.47. The maximum absolute atomic E-state index is 6.66. The number of morpholine rings is 1. The summed E-state index contributed by atoms with van der Waals surface area (Å²) < 4.78 is 5.52. The van der Waals surface area contributed by atoms with Gasteiger partial charge in [0.2, 0.25) is 0 Å². The summed E-state index contributed by atoms with van der Waals surface area (Å²) in [5.41, 5.74) is 6.94. The molecule has 116 valence electrons. The van der Waals surface area contributed by atoms with E-state index in [9.17, 15) is 0 Å². The molecule has 1 saturated heterocycles. The van der Waals surface area contributed by atoms with Crippen molar-refractivity contribution in [3.8, 4) is 0 Å². The molecule has 1 atom stereocenters. The summed E-state index contributed by atoms with van der Waals surface area (Å²) in [6, 6.07) is 0.340. The molecule has 0 aromatic heterocycles. The molecule has 3 nitrogen and oxygen atoms in total. The molecule has 0 amide bonds. The van der Waals surface area contributed by atoms with Crippen LogP contribution in [-0.4, -0.2) is 42.8 Å². The summed E-state index contributed by atoms with van der Waals surface area (Å²) in [6.07, 6.45) is 13.4. The Hall–Kier alpha value is -0.380. The quantitative estimate of drug-likeness (QED) is 0.548. The van der Waals surface area contributed by atoms with Crippen molar-refractivity contribution in [1.29, 1.82) is 0 Å². The van der Waals surface area contributed by atoms with Crippen molar-refractivity contribution in [2.75, 3.05) is 26.3 Å². The second kappa shape index (κ2) is 8.16. The van der Waals surface area contributed by atoms with Crippen molar-refractivity contribution in [2.24, 2.45) is 5.73 Å². The number of allylic oxidation sites excluding steroid dienone is 1. The van der Waals surface area contributed by atoms with E-state index < -0.39 is 0 Å². The molecule has 1 unspecified atom stereocenters. The standard InChI is InChI=1S/C17H32N2O/c1-2-3-4-5-6-9-16(18)17(10-7-8-11-17)19-12-14-20-15-13-19/h2,16H,1,3-15,18H2. The molecule has 1 aliphatic carbocycles. The third kappa shape index (κ3) is 3.84. The Bertz CT molecular complexity index is 281. The van der Waals surface area contributed by atoms with Crippen LogP contribution in [0.1, 0.15) is 57.8 Å². The van der Waals surface area contributed by atoms with Gasteiger partial charge in [0, 0.05) is 24.7 Å². The minimum absolute atomic E-state index is 0.280. The molecule has 0 aromatic rings. The Kier molecular flexibility index (Phi) is 6.53. The average Bonchev–Trinajstić information content (AvgIpc) is 2.99. The Labute approximate surface area is 124 Å². The van der Waals surface area contributed by atoms with Crippen molar-refractivity contribution in [3.05, 3.63) is 12.7 Å². The summed E-state index contributed by atoms with van der Waals surface area (Å²) in [5.74, 6) is 0. The summed E-state index contributed by atoms with van der Waals surface area (Å²) in [7, 11) is 0. The lowest BCUT2D eigenvalue weighted by Crippen LogP contribution is -2.61. The molecule has 2 aliphatic rings. The van der Waals surface area contributed by atoms with Gasteiger partial charge in [0.15, 0.2) is 0 Å². The van der Waals surface area contributed by atoms with Gasteiger partial charge in [0.05, 0.1) is 13.2 Å². The van der Waals surface area contributed by atoms with Crippen LogP contribution in [-0.2, 0) is 4.74 Å². The van der Waals surface area contributed by atoms with Gasteiger partial charge < -0.3 is 10.5 Å². The van der Waals surface area contributed by atoms with E-state index in [1.807, 2.05) is 6.08 Å². The Morgan fingerprint density at radius 2 is 1.85 bits per heavy atom. The van der Waals surface area contributed by atoms with E-state index in [4.69, 9.17) is 10.5 Å². The number of hydrogen-bond donors (Lipinski definition) is 1. The van der Waals surface area contributed by atoms with Gasteiger partial charge in [-0.2, -0.15) is 0 Å². The minimum Gasteiger partial charge on any atom is -0.379 e. The zero-order valence-electron chi connectivity index (χ0n) is 13.0. The first-order valence-electron chi connectivity index (χ1n) is 8.49. The second-order valence-electron chi connectivity index (χ2n) is 6.44. The molecule has 1 heterocycles. The van der Waals surface area contributed by atoms with Crippen LogP contribution in [0.2, 0.25) is 0 Å². The molecule has 20 heavy (non-hydrogen) atoms.